The van der Waals surface area contributed by atoms with Crippen LogP contribution >= 0.6 is 0 Å². The van der Waals surface area contributed by atoms with E-state index in [-0.39, 0.29) is 24.5 Å². The molecule has 2 amide bonds. The van der Waals surface area contributed by atoms with Crippen LogP contribution < -0.4 is 19.5 Å². The highest BCUT2D eigenvalue weighted by Gasteiger charge is 2.25. The highest BCUT2D eigenvalue weighted by Crippen LogP contribution is 2.29. The maximum Gasteiger partial charge on any atom is 0.251 e. The Labute approximate surface area is 183 Å². The van der Waals surface area contributed by atoms with Crippen LogP contribution in [0.3, 0.4) is 0 Å². The number of carbonyl (C=O) groups is 2. The number of nitrogens with one attached hydrogen (secondary N) is 1. The third kappa shape index (κ3) is 6.38. The van der Waals surface area contributed by atoms with Gasteiger partial charge in [0.05, 0.1) is 19.8 Å². The SMILES string of the molecule is CCOc1ccc(C(=O)NCC(=O)N2CCC(Oc3ccccc3OCC)CC2)cc1. The molecule has 0 saturated carbocycles. The van der Waals surface area contributed by atoms with Gasteiger partial charge in [0.25, 0.3) is 5.91 Å². The van der Waals surface area contributed by atoms with E-state index in [1.54, 1.807) is 29.2 Å². The van der Waals surface area contributed by atoms with Crippen molar-refractivity contribution < 1.29 is 23.8 Å². The molecule has 2 aromatic rings. The summed E-state index contributed by atoms with van der Waals surface area (Å²) < 4.78 is 17.1. The molecule has 2 aromatic carbocycles. The number of rotatable bonds is 9. The Morgan fingerprint density at radius 2 is 1.58 bits per heavy atom. The summed E-state index contributed by atoms with van der Waals surface area (Å²) in [7, 11) is 0. The van der Waals surface area contributed by atoms with Gasteiger partial charge < -0.3 is 24.4 Å². The third-order valence-corrected chi connectivity index (χ3v) is 5.07. The first-order chi connectivity index (χ1) is 15.1. The van der Waals surface area contributed by atoms with Crippen LogP contribution in [0.25, 0.3) is 0 Å². The normalized spacial score (nSPS) is 14.1. The lowest BCUT2D eigenvalue weighted by atomic mass is 10.1. The molecule has 1 saturated heterocycles. The summed E-state index contributed by atoms with van der Waals surface area (Å²) >= 11 is 0. The molecular weight excluding hydrogens is 396 g/mol. The van der Waals surface area contributed by atoms with Gasteiger partial charge in [-0.3, -0.25) is 9.59 Å². The van der Waals surface area contributed by atoms with Crippen molar-refractivity contribution in [3.8, 4) is 17.2 Å². The van der Waals surface area contributed by atoms with E-state index in [9.17, 15) is 9.59 Å². The number of ether oxygens (including phenoxy) is 3. The van der Waals surface area contributed by atoms with Crippen LogP contribution in [0, 0.1) is 0 Å². The molecule has 7 heteroatoms. The number of piperidine rings is 1. The van der Waals surface area contributed by atoms with Gasteiger partial charge in [-0.15, -0.1) is 0 Å². The molecule has 0 aromatic heterocycles. The molecule has 166 valence electrons. The van der Waals surface area contributed by atoms with E-state index >= 15 is 0 Å². The zero-order valence-electron chi connectivity index (χ0n) is 18.1. The van der Waals surface area contributed by atoms with Crippen LogP contribution in [-0.4, -0.2) is 55.7 Å². The summed E-state index contributed by atoms with van der Waals surface area (Å²) in [4.78, 5) is 26.6. The van der Waals surface area contributed by atoms with Crippen molar-refractivity contribution in [2.24, 2.45) is 0 Å². The lowest BCUT2D eigenvalue weighted by Crippen LogP contribution is -2.46. The first-order valence-corrected chi connectivity index (χ1v) is 10.8. The Morgan fingerprint density at radius 3 is 2.23 bits per heavy atom. The smallest absolute Gasteiger partial charge is 0.251 e. The molecule has 1 aliphatic heterocycles. The first-order valence-electron chi connectivity index (χ1n) is 10.8. The second-order valence-corrected chi connectivity index (χ2v) is 7.22. The second kappa shape index (κ2) is 11.2. The summed E-state index contributed by atoms with van der Waals surface area (Å²) in [5.74, 6) is 1.82. The van der Waals surface area contributed by atoms with Crippen LogP contribution in [0.1, 0.15) is 37.0 Å². The number of nitrogens with zero attached hydrogens (tertiary/aromatic N) is 1. The summed E-state index contributed by atoms with van der Waals surface area (Å²) in [5.41, 5.74) is 0.497. The molecule has 0 aliphatic carbocycles. The van der Waals surface area contributed by atoms with Crippen molar-refractivity contribution in [2.45, 2.75) is 32.8 Å². The molecule has 1 N–H and O–H groups in total. The van der Waals surface area contributed by atoms with Gasteiger partial charge in [0.2, 0.25) is 5.91 Å². The van der Waals surface area contributed by atoms with Crippen molar-refractivity contribution in [1.82, 2.24) is 10.2 Å². The standard InChI is InChI=1S/C24H30N2O5/c1-3-29-19-11-9-18(10-12-19)24(28)25-17-23(27)26-15-13-20(14-16-26)31-22-8-6-5-7-21(22)30-4-2/h5-12,20H,3-4,13-17H2,1-2H3,(H,25,28). The molecular formula is C24H30N2O5. The van der Waals surface area contributed by atoms with Gasteiger partial charge in [-0.25, -0.2) is 0 Å². The molecule has 0 unspecified atom stereocenters. The average Bonchev–Trinajstić information content (AvgIpc) is 2.80. The first kappa shape index (κ1) is 22.5. The molecule has 1 heterocycles. The number of amides is 2. The molecule has 0 spiro atoms. The lowest BCUT2D eigenvalue weighted by Gasteiger charge is -2.32. The molecule has 1 aliphatic rings. The Bertz CT molecular complexity index is 861. The molecule has 3 rings (SSSR count). The van der Waals surface area contributed by atoms with Gasteiger partial charge in [0, 0.05) is 31.5 Å². The van der Waals surface area contributed by atoms with E-state index in [2.05, 4.69) is 5.32 Å². The molecule has 0 atom stereocenters. The summed E-state index contributed by atoms with van der Waals surface area (Å²) in [6.45, 7) is 6.16. The van der Waals surface area contributed by atoms with Crippen molar-refractivity contribution >= 4 is 11.8 Å². The van der Waals surface area contributed by atoms with Gasteiger partial charge in [-0.2, -0.15) is 0 Å². The Hall–Kier alpha value is -3.22. The lowest BCUT2D eigenvalue weighted by molar-refractivity contribution is -0.131. The number of benzene rings is 2. The number of carbonyl (C=O) groups excluding carboxylic acids is 2. The minimum atomic E-state index is -0.276. The van der Waals surface area contributed by atoms with Gasteiger partial charge in [0.1, 0.15) is 11.9 Å². The maximum absolute atomic E-state index is 12.5. The van der Waals surface area contributed by atoms with Crippen molar-refractivity contribution in [1.29, 1.82) is 0 Å². The third-order valence-electron chi connectivity index (χ3n) is 5.07. The highest BCUT2D eigenvalue weighted by molar-refractivity contribution is 5.96. The van der Waals surface area contributed by atoms with Gasteiger partial charge in [-0.05, 0) is 50.2 Å². The summed E-state index contributed by atoms with van der Waals surface area (Å²) in [6.07, 6.45) is 1.50. The second-order valence-electron chi connectivity index (χ2n) is 7.22. The fourth-order valence-electron chi connectivity index (χ4n) is 3.46. The maximum atomic E-state index is 12.5. The molecule has 0 bridgehead atoms. The predicted molar refractivity (Wildman–Crippen MR) is 118 cm³/mol. The van der Waals surface area contributed by atoms with E-state index < -0.39 is 0 Å². The van der Waals surface area contributed by atoms with Crippen LogP contribution in [-0.2, 0) is 4.79 Å². The van der Waals surface area contributed by atoms with Crippen molar-refractivity contribution in [3.63, 3.8) is 0 Å². The zero-order valence-corrected chi connectivity index (χ0v) is 18.1. The van der Waals surface area contributed by atoms with Crippen molar-refractivity contribution in [3.05, 3.63) is 54.1 Å². The minimum absolute atomic E-state index is 0.0231. The van der Waals surface area contributed by atoms with E-state index in [0.29, 0.717) is 37.6 Å². The number of likely N-dealkylation sites (tertiary alicyclic amines) is 1. The number of hydrogen-bond acceptors (Lipinski definition) is 5. The monoisotopic (exact) mass is 426 g/mol. The van der Waals surface area contributed by atoms with Crippen LogP contribution in [0.5, 0.6) is 17.2 Å². The van der Waals surface area contributed by atoms with Crippen LogP contribution in [0.4, 0.5) is 0 Å². The van der Waals surface area contributed by atoms with Gasteiger partial charge in [-0.1, -0.05) is 12.1 Å². The van der Waals surface area contributed by atoms with E-state index in [1.165, 1.54) is 0 Å². The Balaban J connectivity index is 1.43. The quantitative estimate of drug-likeness (QED) is 0.666. The van der Waals surface area contributed by atoms with Gasteiger partial charge in [0.15, 0.2) is 11.5 Å². The average molecular weight is 427 g/mol. The number of para-hydroxylation sites is 2. The number of hydrogen-bond donors (Lipinski definition) is 1. The fraction of sp³-hybridized carbons (Fsp3) is 0.417. The largest absolute Gasteiger partial charge is 0.494 e. The van der Waals surface area contributed by atoms with Crippen molar-refractivity contribution in [2.75, 3.05) is 32.8 Å². The Morgan fingerprint density at radius 1 is 0.935 bits per heavy atom. The summed E-state index contributed by atoms with van der Waals surface area (Å²) in [5, 5.41) is 2.70. The van der Waals surface area contributed by atoms with Crippen LogP contribution in [0.2, 0.25) is 0 Å². The molecule has 0 radical (unpaired) electrons. The molecule has 7 nitrogen and oxygen atoms in total. The van der Waals surface area contributed by atoms with E-state index in [0.717, 1.165) is 24.3 Å². The van der Waals surface area contributed by atoms with E-state index in [4.69, 9.17) is 14.2 Å². The zero-order chi connectivity index (χ0) is 22.1. The molecule has 1 fully saturated rings. The topological polar surface area (TPSA) is 77.1 Å². The predicted octanol–water partition coefficient (Wildman–Crippen LogP) is 3.28. The van der Waals surface area contributed by atoms with E-state index in [1.807, 2.05) is 38.1 Å². The Kier molecular flexibility index (Phi) is 8.15. The summed E-state index contributed by atoms with van der Waals surface area (Å²) in [6, 6.07) is 14.5. The minimum Gasteiger partial charge on any atom is -0.494 e. The molecule has 31 heavy (non-hydrogen) atoms. The highest BCUT2D eigenvalue weighted by atomic mass is 16.5. The van der Waals surface area contributed by atoms with Gasteiger partial charge >= 0.3 is 0 Å². The fourth-order valence-corrected chi connectivity index (χ4v) is 3.46. The van der Waals surface area contributed by atoms with Crippen LogP contribution in [0.15, 0.2) is 48.5 Å².